The zero-order chi connectivity index (χ0) is 12.0. The van der Waals surface area contributed by atoms with E-state index >= 15 is 0 Å². The Kier molecular flexibility index (Phi) is 5.19. The van der Waals surface area contributed by atoms with Crippen molar-refractivity contribution in [2.24, 2.45) is 5.92 Å². The molecule has 1 atom stereocenters. The first-order chi connectivity index (χ1) is 7.67. The molecule has 1 aromatic rings. The van der Waals surface area contributed by atoms with Crippen LogP contribution in [0, 0.1) is 5.92 Å². The van der Waals surface area contributed by atoms with Crippen LogP contribution in [0.5, 0.6) is 0 Å². The van der Waals surface area contributed by atoms with E-state index in [2.05, 4.69) is 41.3 Å². The van der Waals surface area contributed by atoms with Crippen LogP contribution in [0.4, 0.5) is 5.82 Å². The van der Waals surface area contributed by atoms with Gasteiger partial charge in [-0.3, -0.25) is 0 Å². The van der Waals surface area contributed by atoms with Crippen molar-refractivity contribution in [3.8, 4) is 0 Å². The van der Waals surface area contributed by atoms with Gasteiger partial charge in [0.05, 0.1) is 5.69 Å². The van der Waals surface area contributed by atoms with Crippen LogP contribution in [0.25, 0.3) is 0 Å². The molecule has 90 valence electrons. The predicted octanol–water partition coefficient (Wildman–Crippen LogP) is 1.68. The molecule has 1 aromatic heterocycles. The number of anilines is 1. The predicted molar refractivity (Wildman–Crippen MR) is 67.5 cm³/mol. The number of rotatable bonds is 6. The molecule has 0 amide bonds. The molecule has 4 heteroatoms. The largest absolute Gasteiger partial charge is 0.358 e. The van der Waals surface area contributed by atoms with Crippen LogP contribution < -0.4 is 10.2 Å². The third-order valence-electron chi connectivity index (χ3n) is 2.74. The number of nitrogens with one attached hydrogen (secondary N) is 1. The Bertz CT molecular complexity index is 296. The summed E-state index contributed by atoms with van der Waals surface area (Å²) in [6.45, 7) is 6.25. The molecule has 16 heavy (non-hydrogen) atoms. The first-order valence-electron chi connectivity index (χ1n) is 5.85. The van der Waals surface area contributed by atoms with Gasteiger partial charge in [-0.05, 0) is 25.1 Å². The van der Waals surface area contributed by atoms with Gasteiger partial charge in [-0.25, -0.2) is 0 Å². The molecule has 0 fully saturated rings. The number of nitrogens with zero attached hydrogens (tertiary/aromatic N) is 3. The van der Waals surface area contributed by atoms with Crippen LogP contribution in [-0.4, -0.2) is 30.8 Å². The van der Waals surface area contributed by atoms with Gasteiger partial charge in [0.1, 0.15) is 0 Å². The van der Waals surface area contributed by atoms with Crippen molar-refractivity contribution in [3.05, 3.63) is 17.8 Å². The van der Waals surface area contributed by atoms with Crippen LogP contribution in [-0.2, 0) is 6.54 Å². The van der Waals surface area contributed by atoms with Crippen molar-refractivity contribution >= 4 is 5.82 Å². The zero-order valence-corrected chi connectivity index (χ0v) is 10.7. The normalized spacial score (nSPS) is 12.5. The van der Waals surface area contributed by atoms with E-state index < -0.39 is 0 Å². The fourth-order valence-corrected chi connectivity index (χ4v) is 1.52. The second kappa shape index (κ2) is 6.43. The minimum Gasteiger partial charge on any atom is -0.358 e. The Morgan fingerprint density at radius 1 is 1.38 bits per heavy atom. The summed E-state index contributed by atoms with van der Waals surface area (Å²) >= 11 is 0. The zero-order valence-electron chi connectivity index (χ0n) is 10.7. The highest BCUT2D eigenvalue weighted by atomic mass is 15.2. The summed E-state index contributed by atoms with van der Waals surface area (Å²) in [5.74, 6) is 1.63. The highest BCUT2D eigenvalue weighted by Crippen LogP contribution is 2.11. The molecule has 0 aliphatic rings. The molecule has 0 aliphatic carbocycles. The van der Waals surface area contributed by atoms with Crippen LogP contribution in [0.3, 0.4) is 0 Å². The highest BCUT2D eigenvalue weighted by molar-refractivity contribution is 5.36. The Hall–Kier alpha value is -1.16. The van der Waals surface area contributed by atoms with Crippen molar-refractivity contribution in [3.63, 3.8) is 0 Å². The quantitative estimate of drug-likeness (QED) is 0.795. The van der Waals surface area contributed by atoms with Gasteiger partial charge in [-0.1, -0.05) is 20.3 Å². The maximum absolute atomic E-state index is 4.22. The Labute approximate surface area is 98.1 Å². The summed E-state index contributed by atoms with van der Waals surface area (Å²) in [4.78, 5) is 2.16. The topological polar surface area (TPSA) is 41.0 Å². The second-order valence-electron chi connectivity index (χ2n) is 4.31. The third kappa shape index (κ3) is 3.77. The van der Waals surface area contributed by atoms with Crippen LogP contribution >= 0.6 is 0 Å². The lowest BCUT2D eigenvalue weighted by Crippen LogP contribution is -2.25. The van der Waals surface area contributed by atoms with Gasteiger partial charge in [-0.15, -0.1) is 5.10 Å². The first-order valence-corrected chi connectivity index (χ1v) is 5.85. The fourth-order valence-electron chi connectivity index (χ4n) is 1.52. The molecule has 1 N–H and O–H groups in total. The maximum atomic E-state index is 4.22. The molecule has 4 nitrogen and oxygen atoms in total. The lowest BCUT2D eigenvalue weighted by Gasteiger charge is -2.21. The highest BCUT2D eigenvalue weighted by Gasteiger charge is 2.07. The molecule has 1 unspecified atom stereocenters. The lowest BCUT2D eigenvalue weighted by atomic mass is 10.1. The van der Waals surface area contributed by atoms with Gasteiger partial charge in [0.25, 0.3) is 0 Å². The van der Waals surface area contributed by atoms with E-state index in [1.165, 1.54) is 6.42 Å². The standard InChI is InChI=1S/C12H22N4/c1-5-10(2)9-16(4)12-7-6-11(8-13-3)14-15-12/h6-7,10,13H,5,8-9H2,1-4H3. The van der Waals surface area contributed by atoms with Gasteiger partial charge in [0, 0.05) is 20.1 Å². The van der Waals surface area contributed by atoms with E-state index in [0.717, 1.165) is 24.6 Å². The summed E-state index contributed by atoms with van der Waals surface area (Å²) in [7, 11) is 3.97. The van der Waals surface area contributed by atoms with Crippen molar-refractivity contribution in [1.29, 1.82) is 0 Å². The van der Waals surface area contributed by atoms with Gasteiger partial charge in [0.2, 0.25) is 0 Å². The fraction of sp³-hybridized carbons (Fsp3) is 0.667. The van der Waals surface area contributed by atoms with E-state index in [4.69, 9.17) is 0 Å². The Morgan fingerprint density at radius 3 is 2.62 bits per heavy atom. The molecule has 0 aliphatic heterocycles. The molecule has 0 spiro atoms. The first kappa shape index (κ1) is 12.9. The van der Waals surface area contributed by atoms with E-state index in [1.807, 2.05) is 19.2 Å². The van der Waals surface area contributed by atoms with Crippen LogP contribution in [0.15, 0.2) is 12.1 Å². The van der Waals surface area contributed by atoms with Crippen molar-refractivity contribution in [2.45, 2.75) is 26.8 Å². The SMILES string of the molecule is CCC(C)CN(C)c1ccc(CNC)nn1. The van der Waals surface area contributed by atoms with E-state index in [-0.39, 0.29) is 0 Å². The monoisotopic (exact) mass is 222 g/mol. The second-order valence-corrected chi connectivity index (χ2v) is 4.31. The number of hydrogen-bond donors (Lipinski definition) is 1. The summed E-state index contributed by atoms with van der Waals surface area (Å²) < 4.78 is 0. The molecule has 1 heterocycles. The summed E-state index contributed by atoms with van der Waals surface area (Å²) in [6, 6.07) is 4.05. The molecule has 1 rings (SSSR count). The molecule has 0 saturated heterocycles. The summed E-state index contributed by atoms with van der Waals surface area (Å²) in [5.41, 5.74) is 0.975. The number of aromatic nitrogens is 2. The van der Waals surface area contributed by atoms with Crippen LogP contribution in [0.2, 0.25) is 0 Å². The van der Waals surface area contributed by atoms with Crippen molar-refractivity contribution < 1.29 is 0 Å². The smallest absolute Gasteiger partial charge is 0.150 e. The summed E-state index contributed by atoms with van der Waals surface area (Å²) in [6.07, 6.45) is 1.19. The third-order valence-corrected chi connectivity index (χ3v) is 2.74. The average Bonchev–Trinajstić information content (AvgIpc) is 2.30. The Morgan fingerprint density at radius 2 is 2.12 bits per heavy atom. The molecule has 0 bridgehead atoms. The molecular weight excluding hydrogens is 200 g/mol. The molecule has 0 aromatic carbocycles. The maximum Gasteiger partial charge on any atom is 0.150 e. The van der Waals surface area contributed by atoms with Crippen molar-refractivity contribution in [2.75, 3.05) is 25.5 Å². The lowest BCUT2D eigenvalue weighted by molar-refractivity contribution is 0.556. The van der Waals surface area contributed by atoms with Gasteiger partial charge in [0.15, 0.2) is 5.82 Å². The minimum absolute atomic E-state index is 0.684. The van der Waals surface area contributed by atoms with Gasteiger partial charge in [-0.2, -0.15) is 5.10 Å². The molecular formula is C12H22N4. The average molecular weight is 222 g/mol. The van der Waals surface area contributed by atoms with Crippen molar-refractivity contribution in [1.82, 2.24) is 15.5 Å². The number of hydrogen-bond acceptors (Lipinski definition) is 4. The van der Waals surface area contributed by atoms with Gasteiger partial charge >= 0.3 is 0 Å². The molecule has 0 saturated carbocycles. The minimum atomic E-state index is 0.684. The summed E-state index contributed by atoms with van der Waals surface area (Å²) in [5, 5.41) is 11.4. The van der Waals surface area contributed by atoms with Gasteiger partial charge < -0.3 is 10.2 Å². The van der Waals surface area contributed by atoms with E-state index in [0.29, 0.717) is 5.92 Å². The van der Waals surface area contributed by atoms with Crippen LogP contribution in [0.1, 0.15) is 26.0 Å². The van der Waals surface area contributed by atoms with E-state index in [9.17, 15) is 0 Å². The molecule has 0 radical (unpaired) electrons. The Balaban J connectivity index is 2.59. The van der Waals surface area contributed by atoms with E-state index in [1.54, 1.807) is 0 Å².